The lowest BCUT2D eigenvalue weighted by Gasteiger charge is -2.34. The van der Waals surface area contributed by atoms with E-state index in [0.29, 0.717) is 5.92 Å². The summed E-state index contributed by atoms with van der Waals surface area (Å²) in [6.07, 6.45) is 1.08. The normalized spacial score (nSPS) is 23.3. The van der Waals surface area contributed by atoms with E-state index in [-0.39, 0.29) is 6.04 Å². The molecule has 3 rings (SSSR count). The molecule has 2 atom stereocenters. The minimum absolute atomic E-state index is 0.184. The van der Waals surface area contributed by atoms with Crippen molar-refractivity contribution in [2.75, 3.05) is 18.0 Å². The average Bonchev–Trinajstić information content (AvgIpc) is 2.99. The SMILES string of the molecule is Cc1cc(-c2nc(N3CCC(C)C(N)C3)n[nH]2)c(C)o1. The summed E-state index contributed by atoms with van der Waals surface area (Å²) in [6.45, 7) is 7.82. The Morgan fingerprint density at radius 1 is 1.45 bits per heavy atom. The number of hydrogen-bond donors (Lipinski definition) is 2. The second kappa shape index (κ2) is 4.94. The molecular formula is C14H21N5O. The molecule has 20 heavy (non-hydrogen) atoms. The Hall–Kier alpha value is -1.82. The number of furan rings is 1. The molecule has 0 aromatic carbocycles. The minimum atomic E-state index is 0.184. The summed E-state index contributed by atoms with van der Waals surface area (Å²) in [5, 5.41) is 7.31. The molecule has 1 aliphatic heterocycles. The van der Waals surface area contributed by atoms with Crippen molar-refractivity contribution >= 4 is 5.95 Å². The van der Waals surface area contributed by atoms with Crippen LogP contribution in [0.3, 0.4) is 0 Å². The number of nitrogens with one attached hydrogen (secondary N) is 1. The summed E-state index contributed by atoms with van der Waals surface area (Å²) in [7, 11) is 0. The van der Waals surface area contributed by atoms with Gasteiger partial charge in [-0.15, -0.1) is 5.10 Å². The number of rotatable bonds is 2. The molecule has 1 saturated heterocycles. The molecule has 0 spiro atoms. The molecule has 2 unspecified atom stereocenters. The van der Waals surface area contributed by atoms with Crippen LogP contribution >= 0.6 is 0 Å². The van der Waals surface area contributed by atoms with Gasteiger partial charge in [0, 0.05) is 19.1 Å². The van der Waals surface area contributed by atoms with Crippen LogP contribution in [-0.4, -0.2) is 34.3 Å². The van der Waals surface area contributed by atoms with Gasteiger partial charge in [-0.05, 0) is 32.3 Å². The van der Waals surface area contributed by atoms with Crippen LogP contribution in [0.2, 0.25) is 0 Å². The van der Waals surface area contributed by atoms with Gasteiger partial charge in [-0.1, -0.05) is 6.92 Å². The summed E-state index contributed by atoms with van der Waals surface area (Å²) < 4.78 is 5.53. The molecule has 0 amide bonds. The van der Waals surface area contributed by atoms with E-state index in [4.69, 9.17) is 10.2 Å². The highest BCUT2D eigenvalue weighted by molar-refractivity contribution is 5.59. The smallest absolute Gasteiger partial charge is 0.245 e. The van der Waals surface area contributed by atoms with Crippen LogP contribution in [0.5, 0.6) is 0 Å². The van der Waals surface area contributed by atoms with Gasteiger partial charge in [0.15, 0.2) is 5.82 Å². The van der Waals surface area contributed by atoms with E-state index in [0.717, 1.165) is 48.4 Å². The largest absolute Gasteiger partial charge is 0.466 e. The number of H-pyrrole nitrogens is 1. The van der Waals surface area contributed by atoms with Gasteiger partial charge in [0.25, 0.3) is 0 Å². The second-order valence-corrected chi connectivity index (χ2v) is 5.69. The van der Waals surface area contributed by atoms with Crippen molar-refractivity contribution in [1.82, 2.24) is 15.2 Å². The Kier molecular flexibility index (Phi) is 3.25. The Labute approximate surface area is 118 Å². The molecule has 2 aromatic rings. The van der Waals surface area contributed by atoms with Gasteiger partial charge in [0.1, 0.15) is 11.5 Å². The summed E-state index contributed by atoms with van der Waals surface area (Å²) in [6, 6.07) is 2.16. The summed E-state index contributed by atoms with van der Waals surface area (Å²) in [5.41, 5.74) is 7.10. The Morgan fingerprint density at radius 2 is 2.25 bits per heavy atom. The third kappa shape index (κ3) is 2.31. The van der Waals surface area contributed by atoms with Gasteiger partial charge in [0.2, 0.25) is 5.95 Å². The third-order valence-corrected chi connectivity index (χ3v) is 4.07. The van der Waals surface area contributed by atoms with Gasteiger partial charge in [-0.3, -0.25) is 5.10 Å². The number of aryl methyl sites for hydroxylation is 2. The van der Waals surface area contributed by atoms with Crippen LogP contribution in [0.4, 0.5) is 5.95 Å². The fourth-order valence-corrected chi connectivity index (χ4v) is 2.66. The van der Waals surface area contributed by atoms with Gasteiger partial charge in [0.05, 0.1) is 5.56 Å². The quantitative estimate of drug-likeness (QED) is 0.874. The summed E-state index contributed by atoms with van der Waals surface area (Å²) in [4.78, 5) is 6.73. The topological polar surface area (TPSA) is 84.0 Å². The molecule has 0 radical (unpaired) electrons. The summed E-state index contributed by atoms with van der Waals surface area (Å²) in [5.74, 6) is 3.77. The van der Waals surface area contributed by atoms with Crippen LogP contribution in [0.25, 0.3) is 11.4 Å². The van der Waals surface area contributed by atoms with Crippen LogP contribution in [0.1, 0.15) is 24.9 Å². The maximum Gasteiger partial charge on any atom is 0.245 e. The van der Waals surface area contributed by atoms with E-state index in [1.807, 2.05) is 19.9 Å². The monoisotopic (exact) mass is 275 g/mol. The van der Waals surface area contributed by atoms with Crippen LogP contribution < -0.4 is 10.6 Å². The highest BCUT2D eigenvalue weighted by atomic mass is 16.3. The molecule has 0 bridgehead atoms. The molecule has 2 aromatic heterocycles. The fourth-order valence-electron chi connectivity index (χ4n) is 2.66. The van der Waals surface area contributed by atoms with E-state index < -0.39 is 0 Å². The standard InChI is InChI=1S/C14H21N5O/c1-8-4-5-19(7-12(8)15)14-16-13(17-18-14)11-6-9(2)20-10(11)3/h6,8,12H,4-5,7,15H2,1-3H3,(H,16,17,18). The molecule has 1 fully saturated rings. The number of aromatic amines is 1. The molecular weight excluding hydrogens is 254 g/mol. The zero-order chi connectivity index (χ0) is 14.3. The molecule has 6 heteroatoms. The molecule has 3 heterocycles. The highest BCUT2D eigenvalue weighted by Crippen LogP contribution is 2.26. The molecule has 6 nitrogen and oxygen atoms in total. The van der Waals surface area contributed by atoms with Crippen molar-refractivity contribution in [3.63, 3.8) is 0 Å². The number of aromatic nitrogens is 3. The Balaban J connectivity index is 1.82. The van der Waals surface area contributed by atoms with Crippen LogP contribution in [0.15, 0.2) is 10.5 Å². The highest BCUT2D eigenvalue weighted by Gasteiger charge is 2.25. The molecule has 0 saturated carbocycles. The molecule has 1 aliphatic rings. The minimum Gasteiger partial charge on any atom is -0.466 e. The average molecular weight is 275 g/mol. The maximum atomic E-state index is 6.13. The number of hydrogen-bond acceptors (Lipinski definition) is 5. The van der Waals surface area contributed by atoms with E-state index in [1.54, 1.807) is 0 Å². The van der Waals surface area contributed by atoms with Crippen molar-refractivity contribution in [2.24, 2.45) is 11.7 Å². The molecule has 0 aliphatic carbocycles. The number of nitrogens with zero attached hydrogens (tertiary/aromatic N) is 3. The third-order valence-electron chi connectivity index (χ3n) is 4.07. The lowest BCUT2D eigenvalue weighted by molar-refractivity contribution is 0.376. The predicted molar refractivity (Wildman–Crippen MR) is 77.5 cm³/mol. The van der Waals surface area contributed by atoms with Gasteiger partial charge in [-0.2, -0.15) is 4.98 Å². The molecule has 108 valence electrons. The zero-order valence-corrected chi connectivity index (χ0v) is 12.2. The van der Waals surface area contributed by atoms with Crippen molar-refractivity contribution < 1.29 is 4.42 Å². The number of anilines is 1. The zero-order valence-electron chi connectivity index (χ0n) is 12.2. The summed E-state index contributed by atoms with van der Waals surface area (Å²) >= 11 is 0. The molecule has 3 N–H and O–H groups in total. The Bertz CT molecular complexity index is 602. The first-order valence-electron chi connectivity index (χ1n) is 7.05. The first kappa shape index (κ1) is 13.2. The Morgan fingerprint density at radius 3 is 2.90 bits per heavy atom. The van der Waals surface area contributed by atoms with E-state index in [2.05, 4.69) is 27.0 Å². The van der Waals surface area contributed by atoms with E-state index >= 15 is 0 Å². The van der Waals surface area contributed by atoms with Gasteiger partial charge in [-0.25, -0.2) is 0 Å². The van der Waals surface area contributed by atoms with Gasteiger partial charge < -0.3 is 15.1 Å². The first-order chi connectivity index (χ1) is 9.54. The first-order valence-corrected chi connectivity index (χ1v) is 7.05. The lowest BCUT2D eigenvalue weighted by Crippen LogP contribution is -2.48. The lowest BCUT2D eigenvalue weighted by atomic mass is 9.95. The van der Waals surface area contributed by atoms with Crippen LogP contribution in [0, 0.1) is 19.8 Å². The van der Waals surface area contributed by atoms with Crippen molar-refractivity contribution in [2.45, 2.75) is 33.2 Å². The number of piperidine rings is 1. The van der Waals surface area contributed by atoms with Crippen molar-refractivity contribution in [3.8, 4) is 11.4 Å². The second-order valence-electron chi connectivity index (χ2n) is 5.69. The van der Waals surface area contributed by atoms with Crippen LogP contribution in [-0.2, 0) is 0 Å². The van der Waals surface area contributed by atoms with E-state index in [1.165, 1.54) is 0 Å². The maximum absolute atomic E-state index is 6.13. The predicted octanol–water partition coefficient (Wildman–Crippen LogP) is 1.86. The number of nitrogens with two attached hydrogens (primary N) is 1. The van der Waals surface area contributed by atoms with E-state index in [9.17, 15) is 0 Å². The fraction of sp³-hybridized carbons (Fsp3) is 0.571. The van der Waals surface area contributed by atoms with Gasteiger partial charge >= 0.3 is 0 Å². The van der Waals surface area contributed by atoms with Crippen molar-refractivity contribution in [1.29, 1.82) is 0 Å². The van der Waals surface area contributed by atoms with Crippen molar-refractivity contribution in [3.05, 3.63) is 17.6 Å².